The molecule has 0 saturated carbocycles. The molecule has 1 saturated heterocycles. The lowest BCUT2D eigenvalue weighted by Gasteiger charge is -2.30. The van der Waals surface area contributed by atoms with E-state index in [0.717, 1.165) is 31.8 Å². The van der Waals surface area contributed by atoms with Gasteiger partial charge in [0.2, 0.25) is 5.91 Å². The van der Waals surface area contributed by atoms with Crippen molar-refractivity contribution in [3.63, 3.8) is 0 Å². The standard InChI is InChI=1S/C13H22N4O2/c14-11-3-6-17(7-4-11)13(19)2-1-12-15-5-8-16(12)9-10-18/h5,8,11,18H,1-4,6-7,9-10,14H2. The molecule has 0 spiro atoms. The number of rotatable bonds is 5. The van der Waals surface area contributed by atoms with Gasteiger partial charge in [0.15, 0.2) is 0 Å². The fraction of sp³-hybridized carbons (Fsp3) is 0.692. The van der Waals surface area contributed by atoms with E-state index in [2.05, 4.69) is 4.98 Å². The third kappa shape index (κ3) is 3.78. The van der Waals surface area contributed by atoms with Crippen molar-refractivity contribution in [2.24, 2.45) is 5.73 Å². The zero-order valence-electron chi connectivity index (χ0n) is 11.2. The van der Waals surface area contributed by atoms with Crippen molar-refractivity contribution >= 4 is 5.91 Å². The number of piperidine rings is 1. The predicted octanol–water partition coefficient (Wildman–Crippen LogP) is -0.242. The summed E-state index contributed by atoms with van der Waals surface area (Å²) < 4.78 is 1.89. The number of hydrogen-bond donors (Lipinski definition) is 2. The topological polar surface area (TPSA) is 84.4 Å². The molecule has 0 atom stereocenters. The van der Waals surface area contributed by atoms with Crippen LogP contribution in [0.15, 0.2) is 12.4 Å². The number of aliphatic hydroxyl groups is 1. The van der Waals surface area contributed by atoms with Crippen molar-refractivity contribution in [2.45, 2.75) is 38.3 Å². The molecule has 1 aliphatic rings. The molecule has 1 aliphatic heterocycles. The van der Waals surface area contributed by atoms with Crippen molar-refractivity contribution in [1.82, 2.24) is 14.5 Å². The first-order chi connectivity index (χ1) is 9.20. The molecular weight excluding hydrogens is 244 g/mol. The van der Waals surface area contributed by atoms with Crippen LogP contribution in [0.25, 0.3) is 0 Å². The third-order valence-corrected chi connectivity index (χ3v) is 3.60. The minimum absolute atomic E-state index is 0.0846. The highest BCUT2D eigenvalue weighted by molar-refractivity contribution is 5.76. The van der Waals surface area contributed by atoms with E-state index in [1.54, 1.807) is 6.20 Å². The Morgan fingerprint density at radius 3 is 2.89 bits per heavy atom. The van der Waals surface area contributed by atoms with Crippen LogP contribution < -0.4 is 5.73 Å². The largest absolute Gasteiger partial charge is 0.395 e. The lowest BCUT2D eigenvalue weighted by atomic mass is 10.1. The number of imidazole rings is 1. The van der Waals surface area contributed by atoms with Crippen LogP contribution in [0.4, 0.5) is 0 Å². The number of aliphatic hydroxyl groups excluding tert-OH is 1. The van der Waals surface area contributed by atoms with Crippen LogP contribution in [0.2, 0.25) is 0 Å². The first-order valence-corrected chi connectivity index (χ1v) is 6.85. The van der Waals surface area contributed by atoms with Gasteiger partial charge in [-0.25, -0.2) is 4.98 Å². The molecule has 2 heterocycles. The molecule has 1 amide bonds. The quantitative estimate of drug-likeness (QED) is 0.770. The SMILES string of the molecule is NC1CCN(C(=O)CCc2nccn2CCO)CC1. The molecule has 0 bridgehead atoms. The first kappa shape index (κ1) is 14.0. The van der Waals surface area contributed by atoms with E-state index in [1.165, 1.54) is 0 Å². The molecule has 1 aromatic rings. The van der Waals surface area contributed by atoms with Crippen LogP contribution in [0.5, 0.6) is 0 Å². The van der Waals surface area contributed by atoms with Crippen LogP contribution in [-0.2, 0) is 17.8 Å². The average molecular weight is 266 g/mol. The Labute approximate surface area is 113 Å². The molecule has 106 valence electrons. The van der Waals surface area contributed by atoms with E-state index in [-0.39, 0.29) is 18.6 Å². The van der Waals surface area contributed by atoms with E-state index < -0.39 is 0 Å². The van der Waals surface area contributed by atoms with Crippen LogP contribution >= 0.6 is 0 Å². The monoisotopic (exact) mass is 266 g/mol. The minimum Gasteiger partial charge on any atom is -0.395 e. The van der Waals surface area contributed by atoms with Gasteiger partial charge >= 0.3 is 0 Å². The molecule has 19 heavy (non-hydrogen) atoms. The van der Waals surface area contributed by atoms with Gasteiger partial charge in [0.25, 0.3) is 0 Å². The first-order valence-electron chi connectivity index (χ1n) is 6.85. The smallest absolute Gasteiger partial charge is 0.223 e. The summed E-state index contributed by atoms with van der Waals surface area (Å²) in [6, 6.07) is 0.243. The second kappa shape index (κ2) is 6.68. The molecule has 0 aliphatic carbocycles. The van der Waals surface area contributed by atoms with Crippen LogP contribution in [0.3, 0.4) is 0 Å². The van der Waals surface area contributed by atoms with Crippen molar-refractivity contribution in [1.29, 1.82) is 0 Å². The molecule has 0 unspecified atom stereocenters. The van der Waals surface area contributed by atoms with Crippen molar-refractivity contribution in [2.75, 3.05) is 19.7 Å². The minimum atomic E-state index is 0.0846. The van der Waals surface area contributed by atoms with Gasteiger partial charge in [-0.15, -0.1) is 0 Å². The van der Waals surface area contributed by atoms with E-state index in [4.69, 9.17) is 10.8 Å². The molecular formula is C13H22N4O2. The van der Waals surface area contributed by atoms with E-state index in [0.29, 0.717) is 19.4 Å². The predicted molar refractivity (Wildman–Crippen MR) is 71.4 cm³/mol. The number of aromatic nitrogens is 2. The number of nitrogens with two attached hydrogens (primary N) is 1. The number of nitrogens with zero attached hydrogens (tertiary/aromatic N) is 3. The Morgan fingerprint density at radius 1 is 1.47 bits per heavy atom. The lowest BCUT2D eigenvalue weighted by Crippen LogP contribution is -2.42. The molecule has 0 radical (unpaired) electrons. The van der Waals surface area contributed by atoms with Crippen molar-refractivity contribution in [3.05, 3.63) is 18.2 Å². The summed E-state index contributed by atoms with van der Waals surface area (Å²) in [6.07, 6.45) is 6.41. The summed E-state index contributed by atoms with van der Waals surface area (Å²) in [4.78, 5) is 18.2. The van der Waals surface area contributed by atoms with Gasteiger partial charge in [0.05, 0.1) is 6.61 Å². The summed E-state index contributed by atoms with van der Waals surface area (Å²) in [5.74, 6) is 1.03. The maximum atomic E-state index is 12.1. The lowest BCUT2D eigenvalue weighted by molar-refractivity contribution is -0.132. The highest BCUT2D eigenvalue weighted by Gasteiger charge is 2.20. The Bertz CT molecular complexity index is 411. The van der Waals surface area contributed by atoms with Crippen molar-refractivity contribution in [3.8, 4) is 0 Å². The summed E-state index contributed by atoms with van der Waals surface area (Å²) >= 11 is 0. The number of amides is 1. The van der Waals surface area contributed by atoms with Crippen LogP contribution in [0.1, 0.15) is 25.1 Å². The van der Waals surface area contributed by atoms with Gasteiger partial charge in [-0.1, -0.05) is 0 Å². The number of carbonyl (C=O) groups excluding carboxylic acids is 1. The summed E-state index contributed by atoms with van der Waals surface area (Å²) in [5, 5.41) is 8.93. The second-order valence-electron chi connectivity index (χ2n) is 4.98. The Morgan fingerprint density at radius 2 is 2.21 bits per heavy atom. The maximum absolute atomic E-state index is 12.1. The van der Waals surface area contributed by atoms with Gasteiger partial charge in [0, 0.05) is 50.9 Å². The summed E-state index contributed by atoms with van der Waals surface area (Å²) in [6.45, 7) is 2.15. The fourth-order valence-electron chi connectivity index (χ4n) is 2.41. The molecule has 6 heteroatoms. The van der Waals surface area contributed by atoms with Gasteiger partial charge in [0.1, 0.15) is 5.82 Å². The average Bonchev–Trinajstić information content (AvgIpc) is 2.85. The number of hydrogen-bond acceptors (Lipinski definition) is 4. The highest BCUT2D eigenvalue weighted by Crippen LogP contribution is 2.11. The van der Waals surface area contributed by atoms with E-state index in [1.807, 2.05) is 15.7 Å². The van der Waals surface area contributed by atoms with Crippen molar-refractivity contribution < 1.29 is 9.90 Å². The fourth-order valence-corrected chi connectivity index (χ4v) is 2.41. The van der Waals surface area contributed by atoms with Crippen LogP contribution in [0, 0.1) is 0 Å². The molecule has 0 aromatic carbocycles. The summed E-state index contributed by atoms with van der Waals surface area (Å²) in [7, 11) is 0. The molecule has 2 rings (SSSR count). The Kier molecular flexibility index (Phi) is 4.93. The normalized spacial score (nSPS) is 16.8. The van der Waals surface area contributed by atoms with Gasteiger partial charge in [-0.2, -0.15) is 0 Å². The van der Waals surface area contributed by atoms with Gasteiger partial charge < -0.3 is 20.3 Å². The Hall–Kier alpha value is -1.40. The molecule has 6 nitrogen and oxygen atoms in total. The number of aryl methyl sites for hydroxylation is 1. The Balaban J connectivity index is 1.81. The molecule has 3 N–H and O–H groups in total. The van der Waals surface area contributed by atoms with E-state index in [9.17, 15) is 4.79 Å². The number of carbonyl (C=O) groups is 1. The zero-order chi connectivity index (χ0) is 13.7. The van der Waals surface area contributed by atoms with Gasteiger partial charge in [-0.05, 0) is 12.8 Å². The third-order valence-electron chi connectivity index (χ3n) is 3.60. The van der Waals surface area contributed by atoms with E-state index >= 15 is 0 Å². The van der Waals surface area contributed by atoms with Crippen LogP contribution in [-0.4, -0.2) is 51.2 Å². The summed E-state index contributed by atoms with van der Waals surface area (Å²) in [5.41, 5.74) is 5.83. The second-order valence-corrected chi connectivity index (χ2v) is 4.98. The maximum Gasteiger partial charge on any atom is 0.223 e. The number of likely N-dealkylation sites (tertiary alicyclic amines) is 1. The molecule has 1 aromatic heterocycles. The molecule has 1 fully saturated rings. The highest BCUT2D eigenvalue weighted by atomic mass is 16.3. The van der Waals surface area contributed by atoms with Gasteiger partial charge in [-0.3, -0.25) is 4.79 Å². The zero-order valence-corrected chi connectivity index (χ0v) is 11.2.